The van der Waals surface area contributed by atoms with Crippen molar-refractivity contribution < 1.29 is 14.6 Å². The first-order valence-corrected chi connectivity index (χ1v) is 10.8. The SMILES string of the molecule is CC[C@@]1(O)C(=O)OCc2c1cc1n(c2=O)Cc2c-1nc1ccccc1c2[Si]C. The summed E-state index contributed by atoms with van der Waals surface area (Å²) in [7, 11) is 0.559. The number of ether oxygens (including phenoxy) is 1. The van der Waals surface area contributed by atoms with Crippen molar-refractivity contribution in [1.29, 1.82) is 0 Å². The summed E-state index contributed by atoms with van der Waals surface area (Å²) >= 11 is 0. The van der Waals surface area contributed by atoms with Crippen molar-refractivity contribution in [3.8, 4) is 11.4 Å². The highest BCUT2D eigenvalue weighted by Gasteiger charge is 2.45. The Hall–Kier alpha value is -2.77. The minimum absolute atomic E-state index is 0.107. The van der Waals surface area contributed by atoms with E-state index in [9.17, 15) is 14.7 Å². The van der Waals surface area contributed by atoms with Gasteiger partial charge in [0.2, 0.25) is 0 Å². The number of rotatable bonds is 2. The summed E-state index contributed by atoms with van der Waals surface area (Å²) in [6, 6.07) is 9.74. The van der Waals surface area contributed by atoms with E-state index in [1.54, 1.807) is 17.6 Å². The molecule has 5 rings (SSSR count). The van der Waals surface area contributed by atoms with Gasteiger partial charge >= 0.3 is 5.97 Å². The molecule has 7 heteroatoms. The average molecular weight is 390 g/mol. The van der Waals surface area contributed by atoms with Crippen LogP contribution in [0.5, 0.6) is 0 Å². The number of esters is 1. The zero-order valence-corrected chi connectivity index (χ0v) is 16.6. The minimum atomic E-state index is -1.79. The summed E-state index contributed by atoms with van der Waals surface area (Å²) in [4.78, 5) is 30.3. The maximum Gasteiger partial charge on any atom is 0.343 e. The third-order valence-electron chi connectivity index (χ3n) is 5.84. The molecule has 2 aliphatic rings. The van der Waals surface area contributed by atoms with Gasteiger partial charge in [-0.25, -0.2) is 9.78 Å². The largest absolute Gasteiger partial charge is 0.458 e. The van der Waals surface area contributed by atoms with E-state index in [-0.39, 0.29) is 18.6 Å². The molecule has 4 heterocycles. The Morgan fingerprint density at radius 3 is 2.82 bits per heavy atom. The molecule has 0 saturated heterocycles. The molecule has 1 atom stereocenters. The molecule has 0 saturated carbocycles. The molecular weight excluding hydrogens is 372 g/mol. The third kappa shape index (κ3) is 2.08. The molecule has 3 aromatic rings. The van der Waals surface area contributed by atoms with Gasteiger partial charge in [-0.05, 0) is 34.7 Å². The monoisotopic (exact) mass is 390 g/mol. The standard InChI is InChI=1S/C21H18N2O4Si/c1-3-21(26)14-8-16-17-12(9-23(16)19(24)13(14)10-27-20(21)25)18(28-2)11-6-4-5-7-15(11)22-17/h4-8,26H,3,9-10H2,1-2H3/t21-/m0/s1. The van der Waals surface area contributed by atoms with Gasteiger partial charge in [-0.3, -0.25) is 4.79 Å². The lowest BCUT2D eigenvalue weighted by Gasteiger charge is -2.31. The lowest BCUT2D eigenvalue weighted by Crippen LogP contribution is -2.44. The van der Waals surface area contributed by atoms with Crippen LogP contribution < -0.4 is 10.7 Å². The summed E-state index contributed by atoms with van der Waals surface area (Å²) in [5.74, 6) is -0.702. The van der Waals surface area contributed by atoms with Gasteiger partial charge < -0.3 is 14.4 Å². The Kier molecular flexibility index (Phi) is 3.63. The number of carbonyl (C=O) groups is 1. The fraction of sp³-hybridized carbons (Fsp3) is 0.286. The van der Waals surface area contributed by atoms with E-state index in [1.165, 1.54) is 5.19 Å². The summed E-state index contributed by atoms with van der Waals surface area (Å²) < 4.78 is 6.81. The van der Waals surface area contributed by atoms with Gasteiger partial charge in [0.25, 0.3) is 5.56 Å². The number of hydrogen-bond donors (Lipinski definition) is 1. The van der Waals surface area contributed by atoms with Crippen molar-refractivity contribution in [1.82, 2.24) is 9.55 Å². The Balaban J connectivity index is 1.84. The molecule has 6 nitrogen and oxygen atoms in total. The number of aliphatic hydroxyl groups is 1. The topological polar surface area (TPSA) is 81.4 Å². The van der Waals surface area contributed by atoms with Crippen LogP contribution >= 0.6 is 0 Å². The van der Waals surface area contributed by atoms with E-state index in [1.807, 2.05) is 18.2 Å². The van der Waals surface area contributed by atoms with Gasteiger partial charge in [0.05, 0.1) is 38.5 Å². The van der Waals surface area contributed by atoms with Gasteiger partial charge in [-0.15, -0.1) is 0 Å². The number of nitrogens with zero attached hydrogens (tertiary/aromatic N) is 2. The molecule has 0 fully saturated rings. The van der Waals surface area contributed by atoms with E-state index >= 15 is 0 Å². The van der Waals surface area contributed by atoms with Crippen LogP contribution in [0.15, 0.2) is 35.1 Å². The first-order chi connectivity index (χ1) is 13.5. The van der Waals surface area contributed by atoms with E-state index in [2.05, 4.69) is 12.6 Å². The summed E-state index contributed by atoms with van der Waals surface area (Å²) in [6.07, 6.45) is 0.140. The summed E-state index contributed by atoms with van der Waals surface area (Å²) in [6.45, 7) is 4.17. The Labute approximate surface area is 163 Å². The highest BCUT2D eigenvalue weighted by Crippen LogP contribution is 2.38. The van der Waals surface area contributed by atoms with Crippen molar-refractivity contribution in [3.63, 3.8) is 0 Å². The van der Waals surface area contributed by atoms with Crippen LogP contribution in [0.4, 0.5) is 0 Å². The van der Waals surface area contributed by atoms with Crippen molar-refractivity contribution in [2.45, 2.75) is 38.6 Å². The number of carbonyl (C=O) groups excluding carboxylic acids is 1. The van der Waals surface area contributed by atoms with E-state index in [0.717, 1.165) is 22.2 Å². The first kappa shape index (κ1) is 17.3. The maximum atomic E-state index is 13.2. The van der Waals surface area contributed by atoms with E-state index < -0.39 is 11.6 Å². The molecule has 1 N–H and O–H groups in total. The quantitative estimate of drug-likeness (QED) is 0.414. The van der Waals surface area contributed by atoms with E-state index in [4.69, 9.17) is 9.72 Å². The van der Waals surface area contributed by atoms with E-state index in [0.29, 0.717) is 32.9 Å². The number of aromatic nitrogens is 2. The highest BCUT2D eigenvalue weighted by atomic mass is 28.2. The van der Waals surface area contributed by atoms with Gasteiger partial charge in [-0.1, -0.05) is 31.7 Å². The minimum Gasteiger partial charge on any atom is -0.458 e. The van der Waals surface area contributed by atoms with Crippen LogP contribution in [0.2, 0.25) is 6.55 Å². The molecule has 140 valence electrons. The van der Waals surface area contributed by atoms with Crippen LogP contribution in [0.1, 0.15) is 30.0 Å². The predicted octanol–water partition coefficient (Wildman–Crippen LogP) is 1.46. The molecule has 0 aliphatic carbocycles. The second kappa shape index (κ2) is 5.86. The number of pyridine rings is 2. The normalized spacial score (nSPS) is 19.9. The molecule has 0 unspecified atom stereocenters. The third-order valence-corrected chi connectivity index (χ3v) is 6.92. The lowest BCUT2D eigenvalue weighted by molar-refractivity contribution is -0.172. The predicted molar refractivity (Wildman–Crippen MR) is 106 cm³/mol. The molecule has 28 heavy (non-hydrogen) atoms. The Morgan fingerprint density at radius 1 is 1.29 bits per heavy atom. The molecule has 1 aromatic carbocycles. The molecule has 0 spiro atoms. The van der Waals surface area contributed by atoms with Crippen LogP contribution in [-0.2, 0) is 28.3 Å². The second-order valence-electron chi connectivity index (χ2n) is 7.18. The van der Waals surface area contributed by atoms with Gasteiger partial charge in [0.1, 0.15) is 6.61 Å². The molecule has 2 aromatic heterocycles. The van der Waals surface area contributed by atoms with Crippen LogP contribution in [-0.4, -0.2) is 30.1 Å². The first-order valence-electron chi connectivity index (χ1n) is 9.26. The van der Waals surface area contributed by atoms with Crippen molar-refractivity contribution >= 4 is 31.6 Å². The van der Waals surface area contributed by atoms with Crippen molar-refractivity contribution in [2.75, 3.05) is 0 Å². The summed E-state index contributed by atoms with van der Waals surface area (Å²) in [5, 5.41) is 13.3. The zero-order valence-electron chi connectivity index (χ0n) is 15.6. The smallest absolute Gasteiger partial charge is 0.343 e. The molecule has 0 amide bonds. The Morgan fingerprint density at radius 2 is 2.07 bits per heavy atom. The van der Waals surface area contributed by atoms with Crippen LogP contribution in [0.3, 0.4) is 0 Å². The van der Waals surface area contributed by atoms with Crippen molar-refractivity contribution in [2.24, 2.45) is 0 Å². The van der Waals surface area contributed by atoms with Crippen LogP contribution in [0, 0.1) is 0 Å². The van der Waals surface area contributed by atoms with Gasteiger partial charge in [-0.2, -0.15) is 0 Å². The molecular formula is C21H18N2O4Si. The fourth-order valence-corrected chi connectivity index (χ4v) is 5.29. The fourth-order valence-electron chi connectivity index (χ4n) is 4.31. The maximum absolute atomic E-state index is 13.2. The molecule has 0 bridgehead atoms. The molecule has 2 aliphatic heterocycles. The second-order valence-corrected chi connectivity index (χ2v) is 8.18. The lowest BCUT2D eigenvalue weighted by atomic mass is 9.86. The number of cyclic esters (lactones) is 1. The van der Waals surface area contributed by atoms with Gasteiger partial charge in [0, 0.05) is 5.56 Å². The highest BCUT2D eigenvalue weighted by molar-refractivity contribution is 6.56. The number of fused-ring (bicyclic) bond motifs is 5. The Bertz CT molecular complexity index is 1230. The van der Waals surface area contributed by atoms with Crippen LogP contribution in [0.25, 0.3) is 22.3 Å². The van der Waals surface area contributed by atoms with Gasteiger partial charge in [0.15, 0.2) is 5.60 Å². The number of hydrogen-bond acceptors (Lipinski definition) is 5. The number of benzene rings is 1. The van der Waals surface area contributed by atoms with Crippen molar-refractivity contribution in [3.05, 3.63) is 57.4 Å². The average Bonchev–Trinajstić information content (AvgIpc) is 3.08. The number of para-hydroxylation sites is 1. The summed E-state index contributed by atoms with van der Waals surface area (Å²) in [5.41, 5.74) is 2.04. The molecule has 2 radical (unpaired) electrons. The zero-order chi connectivity index (χ0) is 19.6.